The van der Waals surface area contributed by atoms with Crippen LogP contribution in [0.15, 0.2) is 30.3 Å². The highest BCUT2D eigenvalue weighted by Gasteiger charge is 2.51. The molecule has 1 aromatic rings. The molecule has 0 aromatic heterocycles. The van der Waals surface area contributed by atoms with Crippen LogP contribution in [-0.4, -0.2) is 24.1 Å². The van der Waals surface area contributed by atoms with E-state index in [9.17, 15) is 9.59 Å². The van der Waals surface area contributed by atoms with Crippen LogP contribution in [0.2, 0.25) is 0 Å². The normalized spacial score (nSPS) is 14.8. The Hall–Kier alpha value is -2.55. The fourth-order valence-electron chi connectivity index (χ4n) is 1.78. The van der Waals surface area contributed by atoms with Gasteiger partial charge in [-0.15, -0.1) is 0 Å². The number of alkyl carbamates (subject to hydrolysis) is 1. The minimum Gasteiger partial charge on any atom is -0.445 e. The lowest BCUT2D eigenvalue weighted by molar-refractivity contribution is -0.123. The van der Waals surface area contributed by atoms with Gasteiger partial charge in [-0.05, 0) is 18.4 Å². The Morgan fingerprint density at radius 3 is 2.60 bits per heavy atom. The first-order chi connectivity index (χ1) is 9.66. The molecule has 1 aliphatic rings. The topological polar surface area (TPSA) is 91.2 Å². The van der Waals surface area contributed by atoms with E-state index in [1.807, 2.05) is 36.4 Å². The molecule has 0 saturated heterocycles. The van der Waals surface area contributed by atoms with Crippen molar-refractivity contribution in [1.29, 1.82) is 5.26 Å². The largest absolute Gasteiger partial charge is 0.445 e. The molecule has 0 bridgehead atoms. The molecule has 0 unspecified atom stereocenters. The molecule has 6 heteroatoms. The van der Waals surface area contributed by atoms with Gasteiger partial charge in [0.05, 0.1) is 6.07 Å². The molecule has 1 aromatic carbocycles. The number of carbonyl (C=O) groups excluding carboxylic acids is 2. The summed E-state index contributed by atoms with van der Waals surface area (Å²) in [7, 11) is 0. The van der Waals surface area contributed by atoms with Crippen molar-refractivity contribution in [3.8, 4) is 6.07 Å². The molecule has 1 aliphatic carbocycles. The average molecular weight is 273 g/mol. The SMILES string of the molecule is N#CCNC(=O)C1(NC(=O)OCc2ccccc2)CC1. The second-order valence-corrected chi connectivity index (χ2v) is 4.61. The third kappa shape index (κ3) is 3.48. The lowest BCUT2D eigenvalue weighted by Gasteiger charge is -2.16. The number of nitriles is 1. The molecule has 1 fully saturated rings. The molecule has 0 heterocycles. The summed E-state index contributed by atoms with van der Waals surface area (Å²) < 4.78 is 5.06. The van der Waals surface area contributed by atoms with Crippen LogP contribution < -0.4 is 10.6 Å². The van der Waals surface area contributed by atoms with E-state index in [4.69, 9.17) is 10.00 Å². The predicted molar refractivity (Wildman–Crippen MR) is 70.4 cm³/mol. The second kappa shape index (κ2) is 6.06. The minimum atomic E-state index is -0.898. The molecule has 104 valence electrons. The van der Waals surface area contributed by atoms with Gasteiger partial charge in [-0.25, -0.2) is 4.79 Å². The Bertz CT molecular complexity index is 532. The van der Waals surface area contributed by atoms with Crippen LogP contribution in [0, 0.1) is 11.3 Å². The van der Waals surface area contributed by atoms with Crippen LogP contribution in [0.3, 0.4) is 0 Å². The van der Waals surface area contributed by atoms with Crippen molar-refractivity contribution in [2.24, 2.45) is 0 Å². The van der Waals surface area contributed by atoms with E-state index < -0.39 is 11.6 Å². The van der Waals surface area contributed by atoms with Gasteiger partial charge in [0.1, 0.15) is 18.7 Å². The Balaban J connectivity index is 1.80. The summed E-state index contributed by atoms with van der Waals surface area (Å²) >= 11 is 0. The van der Waals surface area contributed by atoms with E-state index in [2.05, 4.69) is 10.6 Å². The van der Waals surface area contributed by atoms with Gasteiger partial charge in [0.15, 0.2) is 0 Å². The summed E-state index contributed by atoms with van der Waals surface area (Å²) in [5.74, 6) is -0.337. The van der Waals surface area contributed by atoms with Crippen LogP contribution in [0.1, 0.15) is 18.4 Å². The van der Waals surface area contributed by atoms with Crippen LogP contribution >= 0.6 is 0 Å². The molecule has 2 rings (SSSR count). The monoisotopic (exact) mass is 273 g/mol. The predicted octanol–water partition coefficient (Wildman–Crippen LogP) is 1.09. The van der Waals surface area contributed by atoms with Gasteiger partial charge < -0.3 is 15.4 Å². The Morgan fingerprint density at radius 2 is 2.00 bits per heavy atom. The van der Waals surface area contributed by atoms with Crippen molar-refractivity contribution < 1.29 is 14.3 Å². The summed E-state index contributed by atoms with van der Waals surface area (Å²) in [5.41, 5.74) is -0.0219. The minimum absolute atomic E-state index is 0.0681. The summed E-state index contributed by atoms with van der Waals surface area (Å²) in [6, 6.07) is 11.1. The molecule has 0 spiro atoms. The summed E-state index contributed by atoms with van der Waals surface area (Å²) in [6.07, 6.45) is 0.494. The average Bonchev–Trinajstić information content (AvgIpc) is 3.24. The standard InChI is InChI=1S/C14H15N3O3/c15-8-9-16-12(18)14(6-7-14)17-13(19)20-10-11-4-2-1-3-5-11/h1-5H,6-7,9-10H2,(H,16,18)(H,17,19). The number of rotatable bonds is 5. The van der Waals surface area contributed by atoms with Crippen molar-refractivity contribution in [1.82, 2.24) is 10.6 Å². The molecule has 0 aliphatic heterocycles. The number of nitrogens with one attached hydrogen (secondary N) is 2. The second-order valence-electron chi connectivity index (χ2n) is 4.61. The first-order valence-electron chi connectivity index (χ1n) is 6.30. The number of hydrogen-bond acceptors (Lipinski definition) is 4. The molecule has 2 amide bonds. The van der Waals surface area contributed by atoms with Crippen LogP contribution in [-0.2, 0) is 16.1 Å². The third-order valence-electron chi connectivity index (χ3n) is 3.07. The van der Waals surface area contributed by atoms with Crippen molar-refractivity contribution >= 4 is 12.0 Å². The molecule has 0 radical (unpaired) electrons. The molecule has 1 saturated carbocycles. The Morgan fingerprint density at radius 1 is 1.30 bits per heavy atom. The molecule has 0 atom stereocenters. The maximum Gasteiger partial charge on any atom is 0.408 e. The maximum atomic E-state index is 11.8. The smallest absolute Gasteiger partial charge is 0.408 e. The highest BCUT2D eigenvalue weighted by Crippen LogP contribution is 2.35. The van der Waals surface area contributed by atoms with Crippen LogP contribution in [0.4, 0.5) is 4.79 Å². The first kappa shape index (κ1) is 13.9. The fraction of sp³-hybridized carbons (Fsp3) is 0.357. The van der Waals surface area contributed by atoms with E-state index in [-0.39, 0.29) is 19.1 Å². The highest BCUT2D eigenvalue weighted by molar-refractivity contribution is 5.92. The van der Waals surface area contributed by atoms with E-state index in [1.54, 1.807) is 0 Å². The van der Waals surface area contributed by atoms with Crippen LogP contribution in [0.25, 0.3) is 0 Å². The number of ether oxygens (including phenoxy) is 1. The van der Waals surface area contributed by atoms with Gasteiger partial charge in [0.2, 0.25) is 5.91 Å². The zero-order valence-electron chi connectivity index (χ0n) is 10.9. The summed E-state index contributed by atoms with van der Waals surface area (Å²) in [6.45, 7) is 0.0872. The Labute approximate surface area is 116 Å². The fourth-order valence-corrected chi connectivity index (χ4v) is 1.78. The molecular weight excluding hydrogens is 258 g/mol. The van der Waals surface area contributed by atoms with Gasteiger partial charge in [-0.1, -0.05) is 30.3 Å². The van der Waals surface area contributed by atoms with Gasteiger partial charge in [-0.2, -0.15) is 5.26 Å². The maximum absolute atomic E-state index is 11.8. The van der Waals surface area contributed by atoms with Crippen molar-refractivity contribution in [3.05, 3.63) is 35.9 Å². The molecular formula is C14H15N3O3. The number of amides is 2. The summed E-state index contributed by atoms with van der Waals surface area (Å²) in [5, 5.41) is 13.4. The van der Waals surface area contributed by atoms with Gasteiger partial charge >= 0.3 is 6.09 Å². The number of carbonyl (C=O) groups is 2. The van der Waals surface area contributed by atoms with E-state index in [0.717, 1.165) is 5.56 Å². The first-order valence-corrected chi connectivity index (χ1v) is 6.30. The van der Waals surface area contributed by atoms with E-state index >= 15 is 0 Å². The van der Waals surface area contributed by atoms with Crippen molar-refractivity contribution in [3.63, 3.8) is 0 Å². The molecule has 2 N–H and O–H groups in total. The van der Waals surface area contributed by atoms with Gasteiger partial charge in [0, 0.05) is 0 Å². The zero-order chi connectivity index (χ0) is 14.4. The lowest BCUT2D eigenvalue weighted by atomic mass is 10.2. The summed E-state index contributed by atoms with van der Waals surface area (Å²) in [4.78, 5) is 23.4. The van der Waals surface area contributed by atoms with Gasteiger partial charge in [0.25, 0.3) is 0 Å². The van der Waals surface area contributed by atoms with Crippen molar-refractivity contribution in [2.45, 2.75) is 25.0 Å². The number of nitrogens with zero attached hydrogens (tertiary/aromatic N) is 1. The molecule has 6 nitrogen and oxygen atoms in total. The lowest BCUT2D eigenvalue weighted by Crippen LogP contribution is -2.49. The number of benzene rings is 1. The molecule has 20 heavy (non-hydrogen) atoms. The quantitative estimate of drug-likeness (QED) is 0.785. The third-order valence-corrected chi connectivity index (χ3v) is 3.07. The highest BCUT2D eigenvalue weighted by atomic mass is 16.5. The van der Waals surface area contributed by atoms with Crippen molar-refractivity contribution in [2.75, 3.05) is 6.54 Å². The number of hydrogen-bond donors (Lipinski definition) is 2. The Kier molecular flexibility index (Phi) is 4.20. The van der Waals surface area contributed by atoms with E-state index in [0.29, 0.717) is 12.8 Å². The van der Waals surface area contributed by atoms with Crippen LogP contribution in [0.5, 0.6) is 0 Å². The zero-order valence-corrected chi connectivity index (χ0v) is 10.9. The van der Waals surface area contributed by atoms with Gasteiger partial charge in [-0.3, -0.25) is 4.79 Å². The van der Waals surface area contributed by atoms with E-state index in [1.165, 1.54) is 0 Å².